The van der Waals surface area contributed by atoms with Gasteiger partial charge in [0.05, 0.1) is 23.4 Å². The van der Waals surface area contributed by atoms with Crippen molar-refractivity contribution in [3.8, 4) is 11.3 Å². The second kappa shape index (κ2) is 6.76. The van der Waals surface area contributed by atoms with Crippen molar-refractivity contribution in [2.75, 3.05) is 0 Å². The third-order valence-electron chi connectivity index (χ3n) is 4.10. The van der Waals surface area contributed by atoms with Crippen molar-refractivity contribution in [3.63, 3.8) is 0 Å². The van der Waals surface area contributed by atoms with E-state index in [2.05, 4.69) is 20.5 Å². The summed E-state index contributed by atoms with van der Waals surface area (Å²) in [7, 11) is 0. The first-order chi connectivity index (χ1) is 12.7. The maximum absolute atomic E-state index is 13.2. The van der Waals surface area contributed by atoms with Gasteiger partial charge >= 0.3 is 0 Å². The van der Waals surface area contributed by atoms with Crippen LogP contribution in [0.4, 0.5) is 4.39 Å². The molecular weight excluding hydrogens is 331 g/mol. The summed E-state index contributed by atoms with van der Waals surface area (Å²) in [5, 5.41) is 10.9. The van der Waals surface area contributed by atoms with E-state index in [9.17, 15) is 9.18 Å². The smallest absolute Gasteiger partial charge is 0.251 e. The van der Waals surface area contributed by atoms with Gasteiger partial charge in [-0.05, 0) is 54.6 Å². The highest BCUT2D eigenvalue weighted by Crippen LogP contribution is 2.27. The highest BCUT2D eigenvalue weighted by Gasteiger charge is 2.12. The summed E-state index contributed by atoms with van der Waals surface area (Å²) in [6, 6.07) is 17.0. The lowest BCUT2D eigenvalue weighted by Crippen LogP contribution is -2.23. The molecule has 0 fully saturated rings. The van der Waals surface area contributed by atoms with Gasteiger partial charge in [0.2, 0.25) is 0 Å². The van der Waals surface area contributed by atoms with Crippen molar-refractivity contribution in [2.45, 2.75) is 6.54 Å². The van der Waals surface area contributed by atoms with E-state index in [1.807, 2.05) is 24.3 Å². The first kappa shape index (κ1) is 16.0. The molecule has 2 heterocycles. The van der Waals surface area contributed by atoms with Gasteiger partial charge in [0.15, 0.2) is 0 Å². The Kier molecular flexibility index (Phi) is 4.15. The van der Waals surface area contributed by atoms with Gasteiger partial charge in [-0.3, -0.25) is 14.9 Å². The summed E-state index contributed by atoms with van der Waals surface area (Å²) in [6.45, 7) is 0.355. The van der Waals surface area contributed by atoms with E-state index < -0.39 is 0 Å². The van der Waals surface area contributed by atoms with E-state index in [0.717, 1.165) is 22.2 Å². The molecule has 0 bridgehead atoms. The molecule has 0 aliphatic rings. The monoisotopic (exact) mass is 346 g/mol. The number of rotatable bonds is 4. The van der Waals surface area contributed by atoms with Crippen LogP contribution in [0.2, 0.25) is 0 Å². The normalized spacial score (nSPS) is 10.8. The summed E-state index contributed by atoms with van der Waals surface area (Å²) in [5.74, 6) is -0.494. The Morgan fingerprint density at radius 1 is 1.08 bits per heavy atom. The Morgan fingerprint density at radius 2 is 1.92 bits per heavy atom. The van der Waals surface area contributed by atoms with Crippen molar-refractivity contribution in [3.05, 3.63) is 83.9 Å². The summed E-state index contributed by atoms with van der Waals surface area (Å²) in [5.41, 5.74) is 3.59. The molecular formula is C20H15FN4O. The van der Waals surface area contributed by atoms with Crippen LogP contribution in [0.1, 0.15) is 16.1 Å². The highest BCUT2D eigenvalue weighted by molar-refractivity contribution is 6.01. The number of aromatic amines is 1. The molecule has 0 atom stereocenters. The largest absolute Gasteiger partial charge is 0.346 e. The fourth-order valence-electron chi connectivity index (χ4n) is 2.76. The predicted molar refractivity (Wildman–Crippen MR) is 96.9 cm³/mol. The molecule has 26 heavy (non-hydrogen) atoms. The molecule has 1 amide bonds. The molecule has 0 aliphatic carbocycles. The van der Waals surface area contributed by atoms with Crippen molar-refractivity contribution in [1.29, 1.82) is 0 Å². The van der Waals surface area contributed by atoms with Gasteiger partial charge < -0.3 is 5.32 Å². The maximum Gasteiger partial charge on any atom is 0.251 e. The number of carbonyl (C=O) groups is 1. The van der Waals surface area contributed by atoms with Gasteiger partial charge in [-0.1, -0.05) is 6.07 Å². The molecule has 0 unspecified atom stereocenters. The maximum atomic E-state index is 13.2. The lowest BCUT2D eigenvalue weighted by atomic mass is 10.1. The van der Waals surface area contributed by atoms with Crippen molar-refractivity contribution in [2.24, 2.45) is 0 Å². The Morgan fingerprint density at radius 3 is 2.69 bits per heavy atom. The highest BCUT2D eigenvalue weighted by atomic mass is 19.1. The van der Waals surface area contributed by atoms with E-state index >= 15 is 0 Å². The first-order valence-electron chi connectivity index (χ1n) is 8.13. The zero-order valence-corrected chi connectivity index (χ0v) is 13.7. The molecule has 6 heteroatoms. The molecule has 0 saturated heterocycles. The molecule has 0 spiro atoms. The number of pyridine rings is 1. The van der Waals surface area contributed by atoms with E-state index in [0.29, 0.717) is 17.8 Å². The minimum atomic E-state index is -0.303. The second-order valence-electron chi connectivity index (χ2n) is 5.84. The number of carbonyl (C=O) groups excluding carboxylic acids is 1. The SMILES string of the molecule is O=C(NCc1ccccn1)c1ccc2[nH]nc(-c3ccc(F)cc3)c2c1. The third kappa shape index (κ3) is 3.17. The predicted octanol–water partition coefficient (Wildman–Crippen LogP) is 3.69. The minimum Gasteiger partial charge on any atom is -0.346 e. The number of hydrogen-bond acceptors (Lipinski definition) is 3. The molecule has 2 aromatic heterocycles. The number of hydrogen-bond donors (Lipinski definition) is 2. The van der Waals surface area contributed by atoms with Crippen LogP contribution < -0.4 is 5.32 Å². The first-order valence-corrected chi connectivity index (χ1v) is 8.13. The van der Waals surface area contributed by atoms with Crippen LogP contribution in [-0.4, -0.2) is 21.1 Å². The van der Waals surface area contributed by atoms with Gasteiger partial charge in [-0.2, -0.15) is 5.10 Å². The van der Waals surface area contributed by atoms with Gasteiger partial charge in [-0.25, -0.2) is 4.39 Å². The molecule has 4 rings (SSSR count). The van der Waals surface area contributed by atoms with Crippen molar-refractivity contribution >= 4 is 16.8 Å². The van der Waals surface area contributed by atoms with Crippen LogP contribution >= 0.6 is 0 Å². The Bertz CT molecular complexity index is 1060. The van der Waals surface area contributed by atoms with Crippen molar-refractivity contribution in [1.82, 2.24) is 20.5 Å². The number of halogens is 1. The van der Waals surface area contributed by atoms with Gasteiger partial charge in [0.1, 0.15) is 5.82 Å². The van der Waals surface area contributed by atoms with Crippen LogP contribution in [0.15, 0.2) is 66.9 Å². The average molecular weight is 346 g/mol. The lowest BCUT2D eigenvalue weighted by molar-refractivity contribution is 0.0950. The summed E-state index contributed by atoms with van der Waals surface area (Å²) in [4.78, 5) is 16.6. The summed E-state index contributed by atoms with van der Waals surface area (Å²) < 4.78 is 13.2. The Labute approximate surface area is 148 Å². The molecule has 4 aromatic rings. The zero-order valence-electron chi connectivity index (χ0n) is 13.7. The molecule has 0 saturated carbocycles. The second-order valence-corrected chi connectivity index (χ2v) is 5.84. The summed E-state index contributed by atoms with van der Waals surface area (Å²) in [6.07, 6.45) is 1.69. The van der Waals surface area contributed by atoms with Crippen LogP contribution in [0.25, 0.3) is 22.2 Å². The van der Waals surface area contributed by atoms with E-state index in [-0.39, 0.29) is 11.7 Å². The van der Waals surface area contributed by atoms with Crippen molar-refractivity contribution < 1.29 is 9.18 Å². The van der Waals surface area contributed by atoms with E-state index in [4.69, 9.17) is 0 Å². The fraction of sp³-hybridized carbons (Fsp3) is 0.0500. The van der Waals surface area contributed by atoms with Crippen LogP contribution in [-0.2, 0) is 6.54 Å². The van der Waals surface area contributed by atoms with Crippen LogP contribution in [0.3, 0.4) is 0 Å². The average Bonchev–Trinajstić information content (AvgIpc) is 3.11. The third-order valence-corrected chi connectivity index (χ3v) is 4.10. The molecule has 2 N–H and O–H groups in total. The number of aromatic nitrogens is 3. The zero-order chi connectivity index (χ0) is 17.9. The standard InChI is InChI=1S/C20H15FN4O/c21-15-7-4-13(5-8-15)19-17-11-14(6-9-18(17)24-25-19)20(26)23-12-16-3-1-2-10-22-16/h1-11H,12H2,(H,23,26)(H,24,25). The minimum absolute atomic E-state index is 0.191. The number of benzene rings is 2. The van der Waals surface area contributed by atoms with E-state index in [1.54, 1.807) is 30.5 Å². The number of H-pyrrole nitrogens is 1. The fourth-order valence-corrected chi connectivity index (χ4v) is 2.76. The number of nitrogens with one attached hydrogen (secondary N) is 2. The molecule has 5 nitrogen and oxygen atoms in total. The Hall–Kier alpha value is -3.54. The molecule has 2 aromatic carbocycles. The van der Waals surface area contributed by atoms with Crippen LogP contribution in [0, 0.1) is 5.82 Å². The van der Waals surface area contributed by atoms with Crippen LogP contribution in [0.5, 0.6) is 0 Å². The number of fused-ring (bicyclic) bond motifs is 1. The molecule has 0 radical (unpaired) electrons. The van der Waals surface area contributed by atoms with E-state index in [1.165, 1.54) is 12.1 Å². The Balaban J connectivity index is 1.61. The molecule has 128 valence electrons. The van der Waals surface area contributed by atoms with Gasteiger partial charge in [-0.15, -0.1) is 0 Å². The summed E-state index contributed by atoms with van der Waals surface area (Å²) >= 11 is 0. The molecule has 0 aliphatic heterocycles. The number of amides is 1. The quantitative estimate of drug-likeness (QED) is 0.592. The van der Waals surface area contributed by atoms with Gasteiger partial charge in [0, 0.05) is 22.7 Å². The topological polar surface area (TPSA) is 70.7 Å². The number of nitrogens with zero attached hydrogens (tertiary/aromatic N) is 2. The lowest BCUT2D eigenvalue weighted by Gasteiger charge is -2.05. The van der Waals surface area contributed by atoms with Gasteiger partial charge in [0.25, 0.3) is 5.91 Å².